The van der Waals surface area contributed by atoms with Gasteiger partial charge < -0.3 is 20.2 Å². The van der Waals surface area contributed by atoms with Gasteiger partial charge in [-0.25, -0.2) is 4.98 Å². The molecule has 8 heteroatoms. The number of aromatic amines is 1. The molecule has 3 heterocycles. The molecule has 24 heavy (non-hydrogen) atoms. The standard InChI is InChI=1S/C16H14N4O3S/c1-8-5-18-6-10-13(8)20-16(19-10)24-14(15(17)21)9-2-3-11-12(4-9)23-7-22-11/h2-6,14H,7H2,1H3,(H2,17,21)(H,19,20). The number of benzene rings is 1. The van der Waals surface area contributed by atoms with Gasteiger partial charge in [-0.05, 0) is 30.2 Å². The van der Waals surface area contributed by atoms with E-state index < -0.39 is 11.2 Å². The molecule has 0 saturated heterocycles. The minimum atomic E-state index is -0.590. The van der Waals surface area contributed by atoms with E-state index in [2.05, 4.69) is 15.0 Å². The second-order valence-corrected chi connectivity index (χ2v) is 6.50. The molecule has 3 aromatic rings. The van der Waals surface area contributed by atoms with Crippen LogP contribution < -0.4 is 15.2 Å². The van der Waals surface area contributed by atoms with Gasteiger partial charge in [-0.2, -0.15) is 0 Å². The zero-order chi connectivity index (χ0) is 16.7. The number of rotatable bonds is 4. The van der Waals surface area contributed by atoms with E-state index in [4.69, 9.17) is 15.2 Å². The van der Waals surface area contributed by atoms with E-state index in [1.165, 1.54) is 11.8 Å². The molecule has 0 aliphatic carbocycles. The van der Waals surface area contributed by atoms with Crippen LogP contribution in [0.1, 0.15) is 16.4 Å². The number of amides is 1. The van der Waals surface area contributed by atoms with Crippen LogP contribution in [0.15, 0.2) is 35.7 Å². The molecule has 3 N–H and O–H groups in total. The Morgan fingerprint density at radius 2 is 2.17 bits per heavy atom. The van der Waals surface area contributed by atoms with Crippen molar-refractivity contribution in [2.45, 2.75) is 17.3 Å². The fourth-order valence-corrected chi connectivity index (χ4v) is 3.51. The largest absolute Gasteiger partial charge is 0.454 e. The van der Waals surface area contributed by atoms with Crippen molar-refractivity contribution in [1.82, 2.24) is 15.0 Å². The van der Waals surface area contributed by atoms with E-state index >= 15 is 0 Å². The van der Waals surface area contributed by atoms with Gasteiger partial charge in [0.2, 0.25) is 12.7 Å². The lowest BCUT2D eigenvalue weighted by Crippen LogP contribution is -2.19. The summed E-state index contributed by atoms with van der Waals surface area (Å²) in [5.41, 5.74) is 8.97. The first kappa shape index (κ1) is 14.8. The summed E-state index contributed by atoms with van der Waals surface area (Å²) >= 11 is 1.26. The number of H-pyrrole nitrogens is 1. The predicted molar refractivity (Wildman–Crippen MR) is 89.0 cm³/mol. The zero-order valence-electron chi connectivity index (χ0n) is 12.8. The van der Waals surface area contributed by atoms with Gasteiger partial charge in [-0.3, -0.25) is 9.78 Å². The molecule has 1 atom stereocenters. The number of imidazole rings is 1. The number of primary amides is 1. The summed E-state index contributed by atoms with van der Waals surface area (Å²) in [7, 11) is 0. The molecule has 0 saturated carbocycles. The lowest BCUT2D eigenvalue weighted by Gasteiger charge is -2.12. The number of carbonyl (C=O) groups is 1. The summed E-state index contributed by atoms with van der Waals surface area (Å²) in [6.07, 6.45) is 3.46. The molecule has 7 nitrogen and oxygen atoms in total. The Labute approximate surface area is 141 Å². The van der Waals surface area contributed by atoms with Crippen LogP contribution in [-0.4, -0.2) is 27.7 Å². The van der Waals surface area contributed by atoms with E-state index in [9.17, 15) is 4.79 Å². The third-order valence-electron chi connectivity index (χ3n) is 3.74. The van der Waals surface area contributed by atoms with Gasteiger partial charge >= 0.3 is 0 Å². The molecule has 1 aromatic carbocycles. The van der Waals surface area contributed by atoms with Crippen LogP contribution >= 0.6 is 11.8 Å². The number of nitrogens with two attached hydrogens (primary N) is 1. The summed E-state index contributed by atoms with van der Waals surface area (Å²) in [5, 5.41) is 0.0240. The van der Waals surface area contributed by atoms with Gasteiger partial charge in [-0.15, -0.1) is 0 Å². The number of hydrogen-bond donors (Lipinski definition) is 2. The molecular weight excluding hydrogens is 328 g/mol. The molecule has 1 aliphatic heterocycles. The van der Waals surface area contributed by atoms with Crippen LogP contribution in [-0.2, 0) is 4.79 Å². The molecule has 4 rings (SSSR count). The normalized spacial score (nSPS) is 14.0. The third kappa shape index (κ3) is 2.54. The Hall–Kier alpha value is -2.74. The number of nitrogens with zero attached hydrogens (tertiary/aromatic N) is 2. The van der Waals surface area contributed by atoms with Crippen LogP contribution in [0.3, 0.4) is 0 Å². The van der Waals surface area contributed by atoms with E-state index in [0.717, 1.165) is 22.2 Å². The molecule has 0 fully saturated rings. The van der Waals surface area contributed by atoms with Gasteiger partial charge in [0.1, 0.15) is 5.25 Å². The highest BCUT2D eigenvalue weighted by atomic mass is 32.2. The van der Waals surface area contributed by atoms with Crippen LogP contribution in [0, 0.1) is 6.92 Å². The van der Waals surface area contributed by atoms with Crippen molar-refractivity contribution in [3.8, 4) is 11.5 Å². The quantitative estimate of drug-likeness (QED) is 0.705. The van der Waals surface area contributed by atoms with Crippen LogP contribution in [0.5, 0.6) is 11.5 Å². The van der Waals surface area contributed by atoms with Gasteiger partial charge in [0.25, 0.3) is 0 Å². The first-order valence-electron chi connectivity index (χ1n) is 7.27. The lowest BCUT2D eigenvalue weighted by molar-refractivity contribution is -0.117. The fraction of sp³-hybridized carbons (Fsp3) is 0.188. The number of carbonyl (C=O) groups excluding carboxylic acids is 1. The monoisotopic (exact) mass is 342 g/mol. The van der Waals surface area contributed by atoms with Gasteiger partial charge in [-0.1, -0.05) is 17.8 Å². The number of pyridine rings is 1. The van der Waals surface area contributed by atoms with E-state index in [1.807, 2.05) is 13.0 Å². The van der Waals surface area contributed by atoms with Crippen molar-refractivity contribution < 1.29 is 14.3 Å². The smallest absolute Gasteiger partial charge is 0.235 e. The molecule has 0 spiro atoms. The molecule has 1 amide bonds. The average Bonchev–Trinajstić information content (AvgIpc) is 3.18. The summed E-state index contributed by atoms with van der Waals surface area (Å²) < 4.78 is 10.7. The molecule has 1 aliphatic rings. The molecule has 0 radical (unpaired) electrons. The lowest BCUT2D eigenvalue weighted by atomic mass is 10.1. The molecule has 122 valence electrons. The Bertz CT molecular complexity index is 940. The Balaban J connectivity index is 1.68. The van der Waals surface area contributed by atoms with Gasteiger partial charge in [0, 0.05) is 6.20 Å². The number of ether oxygens (including phenoxy) is 2. The Morgan fingerprint density at radius 3 is 2.96 bits per heavy atom. The van der Waals surface area contributed by atoms with Crippen LogP contribution in [0.4, 0.5) is 0 Å². The summed E-state index contributed by atoms with van der Waals surface area (Å²) in [6, 6.07) is 5.37. The number of fused-ring (bicyclic) bond motifs is 2. The van der Waals surface area contributed by atoms with E-state index in [-0.39, 0.29) is 6.79 Å². The minimum absolute atomic E-state index is 0.184. The highest BCUT2D eigenvalue weighted by Gasteiger charge is 2.24. The second-order valence-electron chi connectivity index (χ2n) is 5.41. The molecule has 1 unspecified atom stereocenters. The van der Waals surface area contributed by atoms with Gasteiger partial charge in [0.05, 0.1) is 17.2 Å². The summed E-state index contributed by atoms with van der Waals surface area (Å²) in [4.78, 5) is 23.8. The number of thioether (sulfide) groups is 1. The van der Waals surface area contributed by atoms with E-state index in [1.54, 1.807) is 24.5 Å². The van der Waals surface area contributed by atoms with Crippen molar-refractivity contribution in [3.05, 3.63) is 41.7 Å². The number of nitrogens with one attached hydrogen (secondary N) is 1. The second kappa shape index (κ2) is 5.72. The summed E-state index contributed by atoms with van der Waals surface area (Å²) in [5.74, 6) is 0.829. The maximum Gasteiger partial charge on any atom is 0.235 e. The van der Waals surface area contributed by atoms with Crippen molar-refractivity contribution >= 4 is 28.7 Å². The van der Waals surface area contributed by atoms with Crippen molar-refractivity contribution in [1.29, 1.82) is 0 Å². The highest BCUT2D eigenvalue weighted by molar-refractivity contribution is 8.00. The maximum absolute atomic E-state index is 12.0. The van der Waals surface area contributed by atoms with Crippen LogP contribution in [0.25, 0.3) is 11.0 Å². The van der Waals surface area contributed by atoms with Crippen LogP contribution in [0.2, 0.25) is 0 Å². The Kier molecular flexibility index (Phi) is 3.53. The first-order valence-corrected chi connectivity index (χ1v) is 8.15. The third-order valence-corrected chi connectivity index (χ3v) is 4.90. The SMILES string of the molecule is Cc1cncc2[nH]c(SC(C(N)=O)c3ccc4c(c3)OCO4)nc12. The predicted octanol–water partition coefficient (Wildman–Crippen LogP) is 2.31. The topological polar surface area (TPSA) is 103 Å². The average molecular weight is 342 g/mol. The van der Waals surface area contributed by atoms with E-state index in [0.29, 0.717) is 16.7 Å². The van der Waals surface area contributed by atoms with Crippen molar-refractivity contribution in [2.24, 2.45) is 5.73 Å². The number of aromatic nitrogens is 3. The number of aryl methyl sites for hydroxylation is 1. The fourth-order valence-electron chi connectivity index (χ4n) is 2.58. The van der Waals surface area contributed by atoms with Gasteiger partial charge in [0.15, 0.2) is 16.7 Å². The molecule has 2 aromatic heterocycles. The maximum atomic E-state index is 12.0. The highest BCUT2D eigenvalue weighted by Crippen LogP contribution is 2.40. The minimum Gasteiger partial charge on any atom is -0.454 e. The zero-order valence-corrected chi connectivity index (χ0v) is 13.6. The summed E-state index contributed by atoms with van der Waals surface area (Å²) in [6.45, 7) is 2.12. The van der Waals surface area contributed by atoms with Crippen molar-refractivity contribution in [3.63, 3.8) is 0 Å². The molecular formula is C16H14N4O3S. The first-order chi connectivity index (χ1) is 11.6. The Morgan fingerprint density at radius 1 is 1.33 bits per heavy atom. The molecule has 0 bridgehead atoms. The van der Waals surface area contributed by atoms with Crippen molar-refractivity contribution in [2.75, 3.05) is 6.79 Å². The number of hydrogen-bond acceptors (Lipinski definition) is 6.